The number of thiocarbonyl (C=S) groups is 1. The second-order valence-electron chi connectivity index (χ2n) is 4.54. The minimum Gasteiger partial charge on any atom is -0.497 e. The summed E-state index contributed by atoms with van der Waals surface area (Å²) >= 11 is 5.22. The molecular formula is C16H16N2O3S. The average Bonchev–Trinajstić information content (AvgIpc) is 2.53. The molecule has 0 aliphatic carbocycles. The van der Waals surface area contributed by atoms with Gasteiger partial charge in [0, 0.05) is 18.3 Å². The van der Waals surface area contributed by atoms with E-state index < -0.39 is 5.97 Å². The molecule has 0 aliphatic rings. The van der Waals surface area contributed by atoms with Crippen molar-refractivity contribution in [3.63, 3.8) is 0 Å². The molecule has 0 spiro atoms. The SMILES string of the molecule is COc1cccc(NC(=S)NCc2ccc(C(=O)O)cc2)c1. The molecule has 0 radical (unpaired) electrons. The van der Waals surface area contributed by atoms with Gasteiger partial charge in [0.1, 0.15) is 5.75 Å². The van der Waals surface area contributed by atoms with Gasteiger partial charge in [-0.15, -0.1) is 0 Å². The van der Waals surface area contributed by atoms with E-state index in [1.54, 1.807) is 31.4 Å². The summed E-state index contributed by atoms with van der Waals surface area (Å²) in [7, 11) is 1.61. The number of benzene rings is 2. The largest absolute Gasteiger partial charge is 0.497 e. The first-order valence-electron chi connectivity index (χ1n) is 6.59. The van der Waals surface area contributed by atoms with Crippen LogP contribution < -0.4 is 15.4 Å². The lowest BCUT2D eigenvalue weighted by atomic mass is 10.1. The van der Waals surface area contributed by atoms with Crippen LogP contribution in [0.15, 0.2) is 48.5 Å². The fraction of sp³-hybridized carbons (Fsp3) is 0.125. The summed E-state index contributed by atoms with van der Waals surface area (Å²) in [4.78, 5) is 10.8. The van der Waals surface area contributed by atoms with Crippen LogP contribution in [0, 0.1) is 0 Å². The van der Waals surface area contributed by atoms with Crippen LogP contribution in [0.4, 0.5) is 5.69 Å². The highest BCUT2D eigenvalue weighted by Crippen LogP contribution is 2.16. The Hall–Kier alpha value is -2.60. The van der Waals surface area contributed by atoms with Crippen LogP contribution in [0.3, 0.4) is 0 Å². The van der Waals surface area contributed by atoms with Crippen molar-refractivity contribution in [1.82, 2.24) is 5.32 Å². The van der Waals surface area contributed by atoms with Gasteiger partial charge in [-0.05, 0) is 42.0 Å². The number of hydrogen-bond acceptors (Lipinski definition) is 3. The molecule has 2 rings (SSSR count). The molecular weight excluding hydrogens is 300 g/mol. The van der Waals surface area contributed by atoms with Crippen molar-refractivity contribution >= 4 is 29.0 Å². The zero-order valence-electron chi connectivity index (χ0n) is 12.0. The molecule has 0 bridgehead atoms. The van der Waals surface area contributed by atoms with E-state index in [1.165, 1.54) is 0 Å². The first-order valence-corrected chi connectivity index (χ1v) is 7.00. The average molecular weight is 316 g/mol. The summed E-state index contributed by atoms with van der Waals surface area (Å²) in [5.41, 5.74) is 2.04. The molecule has 5 nitrogen and oxygen atoms in total. The first kappa shape index (κ1) is 15.8. The van der Waals surface area contributed by atoms with Crippen LogP contribution in [0.5, 0.6) is 5.75 Å². The Kier molecular flexibility index (Phi) is 5.32. The van der Waals surface area contributed by atoms with Gasteiger partial charge in [-0.3, -0.25) is 0 Å². The standard InChI is InChI=1S/C16H16N2O3S/c1-21-14-4-2-3-13(9-14)18-16(22)17-10-11-5-7-12(8-6-11)15(19)20/h2-9H,10H2,1H3,(H,19,20)(H2,17,18,22). The van der Waals surface area contributed by atoms with Crippen LogP contribution in [0.2, 0.25) is 0 Å². The monoisotopic (exact) mass is 316 g/mol. The molecule has 114 valence electrons. The Bertz CT molecular complexity index is 671. The smallest absolute Gasteiger partial charge is 0.335 e. The molecule has 22 heavy (non-hydrogen) atoms. The highest BCUT2D eigenvalue weighted by atomic mass is 32.1. The molecule has 0 amide bonds. The van der Waals surface area contributed by atoms with E-state index in [1.807, 2.05) is 24.3 Å². The van der Waals surface area contributed by atoms with Crippen molar-refractivity contribution in [2.45, 2.75) is 6.54 Å². The molecule has 2 aromatic carbocycles. The summed E-state index contributed by atoms with van der Waals surface area (Å²) in [6.45, 7) is 0.510. The van der Waals surface area contributed by atoms with Crippen molar-refractivity contribution in [1.29, 1.82) is 0 Å². The Balaban J connectivity index is 1.88. The maximum Gasteiger partial charge on any atom is 0.335 e. The number of nitrogens with one attached hydrogen (secondary N) is 2. The third kappa shape index (κ3) is 4.46. The first-order chi connectivity index (χ1) is 10.6. The van der Waals surface area contributed by atoms with Crippen LogP contribution in [-0.4, -0.2) is 23.3 Å². The normalized spacial score (nSPS) is 9.86. The summed E-state index contributed by atoms with van der Waals surface area (Å²) in [5, 5.41) is 15.5. The summed E-state index contributed by atoms with van der Waals surface area (Å²) in [5.74, 6) is -0.188. The Morgan fingerprint density at radius 2 is 1.95 bits per heavy atom. The number of hydrogen-bond donors (Lipinski definition) is 3. The van der Waals surface area contributed by atoms with Crippen LogP contribution in [0.1, 0.15) is 15.9 Å². The summed E-state index contributed by atoms with van der Waals surface area (Å²) < 4.78 is 5.14. The molecule has 6 heteroatoms. The lowest BCUT2D eigenvalue weighted by molar-refractivity contribution is 0.0697. The molecule has 0 fully saturated rings. The van der Waals surface area contributed by atoms with E-state index >= 15 is 0 Å². The van der Waals surface area contributed by atoms with E-state index in [0.29, 0.717) is 11.7 Å². The Morgan fingerprint density at radius 1 is 1.23 bits per heavy atom. The second-order valence-corrected chi connectivity index (χ2v) is 4.95. The summed E-state index contributed by atoms with van der Waals surface area (Å²) in [6, 6.07) is 14.1. The molecule has 2 aromatic rings. The maximum absolute atomic E-state index is 10.8. The number of carbonyl (C=O) groups is 1. The zero-order valence-corrected chi connectivity index (χ0v) is 12.8. The molecule has 0 saturated carbocycles. The molecule has 3 N–H and O–H groups in total. The van der Waals surface area contributed by atoms with E-state index in [9.17, 15) is 4.79 Å². The number of methoxy groups -OCH3 is 1. The highest BCUT2D eigenvalue weighted by Gasteiger charge is 2.03. The fourth-order valence-corrected chi connectivity index (χ4v) is 2.01. The number of anilines is 1. The van der Waals surface area contributed by atoms with Crippen LogP contribution >= 0.6 is 12.2 Å². The van der Waals surface area contributed by atoms with Crippen molar-refractivity contribution < 1.29 is 14.6 Å². The van der Waals surface area contributed by atoms with E-state index in [-0.39, 0.29) is 5.56 Å². The van der Waals surface area contributed by atoms with Gasteiger partial charge in [-0.2, -0.15) is 0 Å². The third-order valence-electron chi connectivity index (χ3n) is 2.98. The van der Waals surface area contributed by atoms with Gasteiger partial charge in [0.2, 0.25) is 0 Å². The minimum absolute atomic E-state index is 0.265. The number of aromatic carboxylic acids is 1. The third-order valence-corrected chi connectivity index (χ3v) is 3.23. The summed E-state index contributed by atoms with van der Waals surface area (Å²) in [6.07, 6.45) is 0. The fourth-order valence-electron chi connectivity index (χ4n) is 1.82. The van der Waals surface area contributed by atoms with Crippen molar-refractivity contribution in [3.05, 3.63) is 59.7 Å². The van der Waals surface area contributed by atoms with Gasteiger partial charge in [0.15, 0.2) is 5.11 Å². The molecule has 0 unspecified atom stereocenters. The van der Waals surface area contributed by atoms with Crippen LogP contribution in [-0.2, 0) is 6.54 Å². The molecule has 0 heterocycles. The number of carboxylic acid groups (broad SMARTS) is 1. The van der Waals surface area contributed by atoms with Crippen molar-refractivity contribution in [3.8, 4) is 5.75 Å². The highest BCUT2D eigenvalue weighted by molar-refractivity contribution is 7.80. The maximum atomic E-state index is 10.8. The molecule has 0 atom stereocenters. The van der Waals surface area contributed by atoms with Crippen molar-refractivity contribution in [2.75, 3.05) is 12.4 Å². The zero-order chi connectivity index (χ0) is 15.9. The minimum atomic E-state index is -0.935. The predicted octanol–water partition coefficient (Wildman–Crippen LogP) is 2.88. The van der Waals surface area contributed by atoms with Gasteiger partial charge >= 0.3 is 5.97 Å². The lowest BCUT2D eigenvalue weighted by Gasteiger charge is -2.11. The van der Waals surface area contributed by atoms with Gasteiger partial charge in [-0.1, -0.05) is 18.2 Å². The van der Waals surface area contributed by atoms with Gasteiger partial charge in [-0.25, -0.2) is 4.79 Å². The molecule has 0 aliphatic heterocycles. The van der Waals surface area contributed by atoms with Gasteiger partial charge in [0.25, 0.3) is 0 Å². The van der Waals surface area contributed by atoms with Gasteiger partial charge < -0.3 is 20.5 Å². The Morgan fingerprint density at radius 3 is 2.59 bits per heavy atom. The molecule has 0 aromatic heterocycles. The molecule has 0 saturated heterocycles. The topological polar surface area (TPSA) is 70.6 Å². The van der Waals surface area contributed by atoms with Crippen LogP contribution in [0.25, 0.3) is 0 Å². The van der Waals surface area contributed by atoms with Gasteiger partial charge in [0.05, 0.1) is 12.7 Å². The number of ether oxygens (including phenoxy) is 1. The lowest BCUT2D eigenvalue weighted by Crippen LogP contribution is -2.27. The Labute approximate surface area is 133 Å². The number of rotatable bonds is 5. The quantitative estimate of drug-likeness (QED) is 0.737. The van der Waals surface area contributed by atoms with E-state index in [0.717, 1.165) is 17.0 Å². The second kappa shape index (κ2) is 7.42. The predicted molar refractivity (Wildman–Crippen MR) is 89.5 cm³/mol. The number of carboxylic acids is 1. The van der Waals surface area contributed by atoms with E-state index in [4.69, 9.17) is 22.1 Å². The van der Waals surface area contributed by atoms with E-state index in [2.05, 4.69) is 10.6 Å². The van der Waals surface area contributed by atoms with Crippen molar-refractivity contribution in [2.24, 2.45) is 0 Å².